The van der Waals surface area contributed by atoms with Crippen molar-refractivity contribution in [1.29, 1.82) is 0 Å². The minimum Gasteiger partial charge on any atom is -0.338 e. The molecule has 2 aromatic rings. The van der Waals surface area contributed by atoms with Crippen molar-refractivity contribution in [2.24, 2.45) is 5.41 Å². The van der Waals surface area contributed by atoms with Gasteiger partial charge in [0.25, 0.3) is 5.91 Å². The van der Waals surface area contributed by atoms with E-state index in [4.69, 9.17) is 5.21 Å². The Morgan fingerprint density at radius 2 is 1.92 bits per heavy atom. The maximum Gasteiger partial charge on any atom is 0.274 e. The molecule has 2 amide bonds. The highest BCUT2D eigenvalue weighted by molar-refractivity contribution is 5.96. The molecule has 1 spiro atoms. The number of fused-ring (bicyclic) bond motifs is 1. The molecule has 25 heavy (non-hydrogen) atoms. The Morgan fingerprint density at radius 3 is 2.68 bits per heavy atom. The summed E-state index contributed by atoms with van der Waals surface area (Å²) in [5.41, 5.74) is 4.79. The summed E-state index contributed by atoms with van der Waals surface area (Å²) in [7, 11) is 0. The lowest BCUT2D eigenvalue weighted by molar-refractivity contribution is -0.136. The molecule has 2 aliphatic rings. The molecule has 0 radical (unpaired) electrons. The van der Waals surface area contributed by atoms with Crippen molar-refractivity contribution < 1.29 is 14.8 Å². The van der Waals surface area contributed by atoms with E-state index in [1.54, 1.807) is 11.5 Å². The highest BCUT2D eigenvalue weighted by Gasteiger charge is 2.50. The third-order valence-electron chi connectivity index (χ3n) is 5.48. The quantitative estimate of drug-likeness (QED) is 0.668. The van der Waals surface area contributed by atoms with Crippen LogP contribution in [0.5, 0.6) is 0 Å². The Labute approximate surface area is 146 Å². The van der Waals surface area contributed by atoms with Gasteiger partial charge in [0.15, 0.2) is 0 Å². The first kappa shape index (κ1) is 15.8. The lowest BCUT2D eigenvalue weighted by Gasteiger charge is -2.23. The average molecular weight is 336 g/mol. The van der Waals surface area contributed by atoms with Gasteiger partial charge < -0.3 is 4.90 Å². The predicted molar refractivity (Wildman–Crippen MR) is 92.0 cm³/mol. The molecule has 1 atom stereocenters. The molecule has 4 rings (SSSR count). The standard InChI is InChI=1S/C20H20N2O3/c23-18(21-25)16-8-4-7-15-11-20(12-17(15)16)9-10-22(19(20)24)13-14-5-2-1-3-6-14/h1-8,25H,9-13H2,(H,21,23). The molecular weight excluding hydrogens is 316 g/mol. The zero-order valence-corrected chi connectivity index (χ0v) is 13.9. The van der Waals surface area contributed by atoms with E-state index in [-0.39, 0.29) is 5.91 Å². The van der Waals surface area contributed by atoms with Crippen molar-refractivity contribution in [2.75, 3.05) is 6.54 Å². The Bertz CT molecular complexity index is 834. The molecule has 1 aliphatic carbocycles. The molecule has 5 nitrogen and oxygen atoms in total. The monoisotopic (exact) mass is 336 g/mol. The Kier molecular flexibility index (Phi) is 3.81. The number of hydrogen-bond acceptors (Lipinski definition) is 3. The number of hydrogen-bond donors (Lipinski definition) is 2. The normalized spacial score (nSPS) is 21.6. The lowest BCUT2D eigenvalue weighted by Crippen LogP contribution is -2.35. The van der Waals surface area contributed by atoms with Gasteiger partial charge in [-0.05, 0) is 42.0 Å². The van der Waals surface area contributed by atoms with Crippen LogP contribution in [0.15, 0.2) is 48.5 Å². The zero-order chi connectivity index (χ0) is 17.4. The van der Waals surface area contributed by atoms with Crippen LogP contribution in [-0.2, 0) is 24.2 Å². The molecule has 2 N–H and O–H groups in total. The Balaban J connectivity index is 1.58. The molecule has 1 heterocycles. The average Bonchev–Trinajstić information content (AvgIpc) is 3.17. The van der Waals surface area contributed by atoms with E-state index in [0.717, 1.165) is 29.7 Å². The van der Waals surface area contributed by atoms with E-state index < -0.39 is 11.3 Å². The van der Waals surface area contributed by atoms with E-state index in [9.17, 15) is 9.59 Å². The Hall–Kier alpha value is -2.66. The van der Waals surface area contributed by atoms with Crippen molar-refractivity contribution in [1.82, 2.24) is 10.4 Å². The van der Waals surface area contributed by atoms with E-state index >= 15 is 0 Å². The van der Waals surface area contributed by atoms with E-state index in [1.807, 2.05) is 47.4 Å². The van der Waals surface area contributed by atoms with Crippen molar-refractivity contribution in [3.05, 3.63) is 70.8 Å². The van der Waals surface area contributed by atoms with E-state index in [2.05, 4.69) is 0 Å². The fourth-order valence-corrected chi connectivity index (χ4v) is 4.22. The molecular formula is C20H20N2O3. The van der Waals surface area contributed by atoms with Gasteiger partial charge in [0.1, 0.15) is 0 Å². The van der Waals surface area contributed by atoms with Gasteiger partial charge in [-0.15, -0.1) is 0 Å². The van der Waals surface area contributed by atoms with Crippen LogP contribution in [0.1, 0.15) is 33.5 Å². The summed E-state index contributed by atoms with van der Waals surface area (Å²) in [6.07, 6.45) is 2.03. The van der Waals surface area contributed by atoms with Crippen LogP contribution in [0.25, 0.3) is 0 Å². The molecule has 0 aromatic heterocycles. The smallest absolute Gasteiger partial charge is 0.274 e. The van der Waals surface area contributed by atoms with E-state index in [1.165, 1.54) is 0 Å². The number of hydroxylamine groups is 1. The molecule has 5 heteroatoms. The summed E-state index contributed by atoms with van der Waals surface area (Å²) in [6.45, 7) is 1.37. The summed E-state index contributed by atoms with van der Waals surface area (Å²) >= 11 is 0. The molecule has 128 valence electrons. The summed E-state index contributed by atoms with van der Waals surface area (Å²) in [4.78, 5) is 27.0. The van der Waals surface area contributed by atoms with Crippen molar-refractivity contribution in [3.8, 4) is 0 Å². The Morgan fingerprint density at radius 1 is 1.12 bits per heavy atom. The first-order chi connectivity index (χ1) is 12.1. The van der Waals surface area contributed by atoms with Gasteiger partial charge in [0.2, 0.25) is 5.91 Å². The first-order valence-electron chi connectivity index (χ1n) is 8.51. The fraction of sp³-hybridized carbons (Fsp3) is 0.300. The van der Waals surface area contributed by atoms with Gasteiger partial charge in [-0.1, -0.05) is 42.5 Å². The summed E-state index contributed by atoms with van der Waals surface area (Å²) < 4.78 is 0. The number of likely N-dealkylation sites (tertiary alicyclic amines) is 1. The largest absolute Gasteiger partial charge is 0.338 e. The van der Waals surface area contributed by atoms with Crippen molar-refractivity contribution >= 4 is 11.8 Å². The van der Waals surface area contributed by atoms with Crippen LogP contribution in [0, 0.1) is 5.41 Å². The second kappa shape index (κ2) is 6.01. The number of nitrogens with one attached hydrogen (secondary N) is 1. The van der Waals surface area contributed by atoms with Gasteiger partial charge in [-0.25, -0.2) is 5.48 Å². The van der Waals surface area contributed by atoms with Crippen molar-refractivity contribution in [2.45, 2.75) is 25.8 Å². The maximum atomic E-state index is 13.1. The molecule has 1 fully saturated rings. The minimum atomic E-state index is -0.513. The first-order valence-corrected chi connectivity index (χ1v) is 8.51. The topological polar surface area (TPSA) is 69.6 Å². The van der Waals surface area contributed by atoms with Crippen molar-refractivity contribution in [3.63, 3.8) is 0 Å². The fourth-order valence-electron chi connectivity index (χ4n) is 4.22. The minimum absolute atomic E-state index is 0.169. The number of nitrogens with zero attached hydrogens (tertiary/aromatic N) is 1. The molecule has 2 aromatic carbocycles. The van der Waals surface area contributed by atoms with Crippen LogP contribution in [0.3, 0.4) is 0 Å². The van der Waals surface area contributed by atoms with Crippen LogP contribution >= 0.6 is 0 Å². The van der Waals surface area contributed by atoms with E-state index in [0.29, 0.717) is 24.9 Å². The lowest BCUT2D eigenvalue weighted by atomic mass is 9.83. The number of carbonyl (C=O) groups excluding carboxylic acids is 2. The summed E-state index contributed by atoms with van der Waals surface area (Å²) in [6, 6.07) is 15.5. The predicted octanol–water partition coefficient (Wildman–Crippen LogP) is 2.32. The number of rotatable bonds is 3. The van der Waals surface area contributed by atoms with Crippen LogP contribution < -0.4 is 5.48 Å². The van der Waals surface area contributed by atoms with Gasteiger partial charge >= 0.3 is 0 Å². The van der Waals surface area contributed by atoms with Crippen LogP contribution in [0.2, 0.25) is 0 Å². The number of benzene rings is 2. The number of amides is 2. The molecule has 0 saturated carbocycles. The molecule has 0 bridgehead atoms. The highest BCUT2D eigenvalue weighted by Crippen LogP contribution is 2.46. The summed E-state index contributed by atoms with van der Waals surface area (Å²) in [5, 5.41) is 8.96. The molecule has 1 saturated heterocycles. The second-order valence-corrected chi connectivity index (χ2v) is 6.98. The summed E-state index contributed by atoms with van der Waals surface area (Å²) in [5.74, 6) is -0.344. The second-order valence-electron chi connectivity index (χ2n) is 6.98. The third-order valence-corrected chi connectivity index (χ3v) is 5.48. The molecule has 1 unspecified atom stereocenters. The number of carbonyl (C=O) groups is 2. The SMILES string of the molecule is O=C(NO)c1cccc2c1CC1(CCN(Cc3ccccc3)C1=O)C2. The maximum absolute atomic E-state index is 13.1. The van der Waals surface area contributed by atoms with Crippen LogP contribution in [0.4, 0.5) is 0 Å². The van der Waals surface area contributed by atoms with Crippen LogP contribution in [-0.4, -0.2) is 28.5 Å². The highest BCUT2D eigenvalue weighted by atomic mass is 16.5. The van der Waals surface area contributed by atoms with Gasteiger partial charge in [-0.3, -0.25) is 14.8 Å². The third kappa shape index (κ3) is 2.61. The molecule has 1 aliphatic heterocycles. The zero-order valence-electron chi connectivity index (χ0n) is 13.9. The van der Waals surface area contributed by atoms with Gasteiger partial charge in [-0.2, -0.15) is 0 Å². The van der Waals surface area contributed by atoms with Gasteiger partial charge in [0.05, 0.1) is 5.41 Å². The van der Waals surface area contributed by atoms with Gasteiger partial charge in [0, 0.05) is 18.7 Å².